The molecular weight excluding hydrogens is 286 g/mol. The molecule has 0 spiro atoms. The van der Waals surface area contributed by atoms with Crippen LogP contribution in [0.4, 0.5) is 0 Å². The van der Waals surface area contributed by atoms with E-state index in [9.17, 15) is 4.79 Å². The zero-order valence-corrected chi connectivity index (χ0v) is 12.1. The molecule has 2 aromatic rings. The van der Waals surface area contributed by atoms with Gasteiger partial charge in [0, 0.05) is 11.1 Å². The van der Waals surface area contributed by atoms with Gasteiger partial charge in [0.1, 0.15) is 17.4 Å². The van der Waals surface area contributed by atoms with Crippen LogP contribution >= 0.6 is 11.3 Å². The number of hydrogen-bond donors (Lipinski definition) is 0. The Hall–Kier alpha value is -2.70. The second-order valence-electron chi connectivity index (χ2n) is 4.28. The second-order valence-corrected chi connectivity index (χ2v) is 5.17. The predicted octanol–water partition coefficient (Wildman–Crippen LogP) is 2.58. The molecule has 0 N–H and O–H groups in total. The summed E-state index contributed by atoms with van der Waals surface area (Å²) in [4.78, 5) is 16.2. The third-order valence-electron chi connectivity index (χ3n) is 2.70. The van der Waals surface area contributed by atoms with Crippen molar-refractivity contribution in [3.63, 3.8) is 0 Å². The number of rotatable bonds is 5. The number of carbonyl (C=O) groups is 1. The van der Waals surface area contributed by atoms with Gasteiger partial charge in [-0.3, -0.25) is 4.79 Å². The molecular formula is C15H11N3O2S. The van der Waals surface area contributed by atoms with Crippen LogP contribution < -0.4 is 4.74 Å². The summed E-state index contributed by atoms with van der Waals surface area (Å²) in [6.45, 7) is 1.61. The molecule has 1 aromatic heterocycles. The third kappa shape index (κ3) is 3.65. The highest BCUT2D eigenvalue weighted by atomic mass is 32.1. The number of ketones is 1. The Labute approximate surface area is 126 Å². The topological polar surface area (TPSA) is 86.8 Å². The van der Waals surface area contributed by atoms with Crippen LogP contribution in [0.15, 0.2) is 29.6 Å². The SMILES string of the molecule is Cc1csc(C(C#N)C(=O)COc2ccc(C#N)cc2)n1. The van der Waals surface area contributed by atoms with Gasteiger partial charge in [-0.15, -0.1) is 11.3 Å². The molecule has 0 fully saturated rings. The zero-order chi connectivity index (χ0) is 15.2. The molecule has 1 unspecified atom stereocenters. The van der Waals surface area contributed by atoms with Crippen molar-refractivity contribution < 1.29 is 9.53 Å². The van der Waals surface area contributed by atoms with E-state index in [0.717, 1.165) is 5.69 Å². The minimum atomic E-state index is -0.901. The van der Waals surface area contributed by atoms with E-state index in [1.54, 1.807) is 29.6 Å². The number of ether oxygens (including phenoxy) is 1. The van der Waals surface area contributed by atoms with Crippen LogP contribution in [0.2, 0.25) is 0 Å². The van der Waals surface area contributed by atoms with Gasteiger partial charge in [0.25, 0.3) is 0 Å². The smallest absolute Gasteiger partial charge is 0.194 e. The first-order valence-corrected chi connectivity index (χ1v) is 6.99. The molecule has 0 saturated heterocycles. The van der Waals surface area contributed by atoms with Crippen LogP contribution in [-0.2, 0) is 4.79 Å². The van der Waals surface area contributed by atoms with Gasteiger partial charge in [0.15, 0.2) is 11.7 Å². The van der Waals surface area contributed by atoms with Crippen LogP contribution in [0.1, 0.15) is 22.2 Å². The maximum Gasteiger partial charge on any atom is 0.194 e. The van der Waals surface area contributed by atoms with E-state index < -0.39 is 5.92 Å². The van der Waals surface area contributed by atoms with Crippen molar-refractivity contribution in [1.82, 2.24) is 4.98 Å². The molecule has 0 aliphatic carbocycles. The lowest BCUT2D eigenvalue weighted by Crippen LogP contribution is -2.19. The van der Waals surface area contributed by atoms with Gasteiger partial charge in [-0.2, -0.15) is 10.5 Å². The molecule has 1 aromatic carbocycles. The normalized spacial score (nSPS) is 11.2. The van der Waals surface area contributed by atoms with Gasteiger partial charge in [-0.1, -0.05) is 0 Å². The van der Waals surface area contributed by atoms with Crippen molar-refractivity contribution in [1.29, 1.82) is 10.5 Å². The summed E-state index contributed by atoms with van der Waals surface area (Å²) < 4.78 is 5.35. The predicted molar refractivity (Wildman–Crippen MR) is 76.9 cm³/mol. The summed E-state index contributed by atoms with van der Waals surface area (Å²) in [5.41, 5.74) is 1.30. The molecule has 0 saturated carbocycles. The van der Waals surface area contributed by atoms with Crippen LogP contribution in [0.5, 0.6) is 5.75 Å². The summed E-state index contributed by atoms with van der Waals surface area (Å²) in [5, 5.41) is 20.1. The van der Waals surface area contributed by atoms with Gasteiger partial charge in [0.2, 0.25) is 0 Å². The van der Waals surface area contributed by atoms with E-state index in [4.69, 9.17) is 15.3 Å². The van der Waals surface area contributed by atoms with Crippen molar-refractivity contribution in [2.75, 3.05) is 6.61 Å². The molecule has 2 rings (SSSR count). The van der Waals surface area contributed by atoms with Crippen LogP contribution in [0, 0.1) is 29.6 Å². The van der Waals surface area contributed by atoms with E-state index in [2.05, 4.69) is 4.98 Å². The van der Waals surface area contributed by atoms with Crippen molar-refractivity contribution >= 4 is 17.1 Å². The van der Waals surface area contributed by atoms with Gasteiger partial charge < -0.3 is 4.74 Å². The molecule has 0 amide bonds. The molecule has 1 atom stereocenters. The molecule has 0 radical (unpaired) electrons. The molecule has 6 heteroatoms. The first kappa shape index (κ1) is 14.7. The lowest BCUT2D eigenvalue weighted by atomic mass is 10.1. The zero-order valence-electron chi connectivity index (χ0n) is 11.2. The Morgan fingerprint density at radius 2 is 2.10 bits per heavy atom. The fourth-order valence-corrected chi connectivity index (χ4v) is 2.49. The van der Waals surface area contributed by atoms with Crippen LogP contribution in [0.3, 0.4) is 0 Å². The number of benzene rings is 1. The number of carbonyl (C=O) groups excluding carboxylic acids is 1. The number of aryl methyl sites for hydroxylation is 1. The van der Waals surface area contributed by atoms with Crippen molar-refractivity contribution in [3.05, 3.63) is 45.9 Å². The average molecular weight is 297 g/mol. The molecule has 5 nitrogen and oxygen atoms in total. The number of thiazole rings is 1. The van der Waals surface area contributed by atoms with E-state index in [1.165, 1.54) is 11.3 Å². The van der Waals surface area contributed by atoms with Crippen molar-refractivity contribution in [2.45, 2.75) is 12.8 Å². The minimum absolute atomic E-state index is 0.206. The highest BCUT2D eigenvalue weighted by Gasteiger charge is 2.23. The maximum absolute atomic E-state index is 12.0. The number of nitriles is 2. The van der Waals surface area contributed by atoms with Gasteiger partial charge in [-0.25, -0.2) is 4.98 Å². The van der Waals surface area contributed by atoms with E-state index in [-0.39, 0.29) is 12.4 Å². The highest BCUT2D eigenvalue weighted by molar-refractivity contribution is 7.09. The summed E-state index contributed by atoms with van der Waals surface area (Å²) in [5.74, 6) is -0.757. The lowest BCUT2D eigenvalue weighted by Gasteiger charge is -2.07. The Kier molecular flexibility index (Phi) is 4.65. The second kappa shape index (κ2) is 6.65. The van der Waals surface area contributed by atoms with Gasteiger partial charge in [-0.05, 0) is 31.2 Å². The number of nitrogens with zero attached hydrogens (tertiary/aromatic N) is 3. The Morgan fingerprint density at radius 1 is 1.38 bits per heavy atom. The molecule has 0 aliphatic rings. The largest absolute Gasteiger partial charge is 0.486 e. The highest BCUT2D eigenvalue weighted by Crippen LogP contribution is 2.21. The molecule has 0 bridgehead atoms. The van der Waals surface area contributed by atoms with E-state index in [0.29, 0.717) is 16.3 Å². The number of Topliss-reactive ketones (excluding diaryl/α,β-unsaturated/α-hetero) is 1. The molecule has 21 heavy (non-hydrogen) atoms. The van der Waals surface area contributed by atoms with Gasteiger partial charge >= 0.3 is 0 Å². The van der Waals surface area contributed by atoms with Crippen molar-refractivity contribution in [3.8, 4) is 17.9 Å². The third-order valence-corrected chi connectivity index (χ3v) is 3.73. The fourth-order valence-electron chi connectivity index (χ4n) is 1.63. The Balaban J connectivity index is 2.00. The monoisotopic (exact) mass is 297 g/mol. The summed E-state index contributed by atoms with van der Waals surface area (Å²) in [7, 11) is 0. The average Bonchev–Trinajstić information content (AvgIpc) is 2.92. The quantitative estimate of drug-likeness (QED) is 0.846. The molecule has 1 heterocycles. The lowest BCUT2D eigenvalue weighted by molar-refractivity contribution is -0.121. The Bertz CT molecular complexity index is 723. The first-order chi connectivity index (χ1) is 10.1. The van der Waals surface area contributed by atoms with Gasteiger partial charge in [0.05, 0.1) is 17.7 Å². The van der Waals surface area contributed by atoms with Crippen LogP contribution in [0.25, 0.3) is 0 Å². The first-order valence-electron chi connectivity index (χ1n) is 6.11. The summed E-state index contributed by atoms with van der Waals surface area (Å²) >= 11 is 1.29. The Morgan fingerprint density at radius 3 is 2.62 bits per heavy atom. The number of hydrogen-bond acceptors (Lipinski definition) is 6. The number of aromatic nitrogens is 1. The van der Waals surface area contributed by atoms with Crippen LogP contribution in [-0.4, -0.2) is 17.4 Å². The molecule has 104 valence electrons. The standard InChI is InChI=1S/C15H11N3O2S/c1-10-9-21-15(18-10)13(7-17)14(19)8-20-12-4-2-11(6-16)3-5-12/h2-5,9,13H,8H2,1H3. The fraction of sp³-hybridized carbons (Fsp3) is 0.200. The summed E-state index contributed by atoms with van der Waals surface area (Å²) in [6, 6.07) is 10.4. The minimum Gasteiger partial charge on any atom is -0.486 e. The van der Waals surface area contributed by atoms with E-state index in [1.807, 2.05) is 19.1 Å². The maximum atomic E-state index is 12.0. The van der Waals surface area contributed by atoms with E-state index >= 15 is 0 Å². The summed E-state index contributed by atoms with van der Waals surface area (Å²) in [6.07, 6.45) is 0. The molecule has 0 aliphatic heterocycles. The van der Waals surface area contributed by atoms with Crippen molar-refractivity contribution in [2.24, 2.45) is 0 Å².